The Kier molecular flexibility index (Phi) is 6.17. The van der Waals surface area contributed by atoms with Gasteiger partial charge in [0.2, 0.25) is 0 Å². The van der Waals surface area contributed by atoms with Crippen molar-refractivity contribution in [2.75, 3.05) is 18.1 Å². The number of rotatable bonds is 4. The first-order valence-electron chi connectivity index (χ1n) is 5.24. The molecule has 1 aliphatic heterocycles. The van der Waals surface area contributed by atoms with Crippen LogP contribution in [0.25, 0.3) is 0 Å². The number of allylic oxidation sites excluding steroid dienone is 1. The summed E-state index contributed by atoms with van der Waals surface area (Å²) in [4.78, 5) is 0. The first-order valence-corrected chi connectivity index (χ1v) is 6.39. The maximum atomic E-state index is 5.34. The predicted octanol–water partition coefficient (Wildman–Crippen LogP) is 3.46. The second-order valence-corrected chi connectivity index (χ2v) is 4.72. The van der Waals surface area contributed by atoms with Crippen molar-refractivity contribution in [3.8, 4) is 0 Å². The molecule has 1 unspecified atom stereocenters. The maximum absolute atomic E-state index is 5.34. The molecule has 1 heterocycles. The van der Waals surface area contributed by atoms with Crippen molar-refractivity contribution >= 4 is 11.8 Å². The van der Waals surface area contributed by atoms with Gasteiger partial charge in [-0.15, -0.1) is 0 Å². The molecule has 0 aromatic carbocycles. The van der Waals surface area contributed by atoms with Crippen molar-refractivity contribution in [2.45, 2.75) is 32.6 Å². The number of hydrogen-bond donors (Lipinski definition) is 0. The summed E-state index contributed by atoms with van der Waals surface area (Å²) in [5.74, 6) is 3.61. The van der Waals surface area contributed by atoms with Gasteiger partial charge in [0, 0.05) is 0 Å². The summed E-state index contributed by atoms with van der Waals surface area (Å²) in [6, 6.07) is 0. The molecule has 0 aromatic heterocycles. The van der Waals surface area contributed by atoms with Gasteiger partial charge in [0.15, 0.2) is 0 Å². The molecule has 0 aromatic rings. The lowest BCUT2D eigenvalue weighted by Gasteiger charge is -2.12. The molecule has 1 fully saturated rings. The van der Waals surface area contributed by atoms with Crippen LogP contribution in [0.5, 0.6) is 0 Å². The zero-order chi connectivity index (χ0) is 9.36. The summed E-state index contributed by atoms with van der Waals surface area (Å²) >= 11 is 2.11. The summed E-state index contributed by atoms with van der Waals surface area (Å²) in [5, 5.41) is 0. The molecule has 0 saturated carbocycles. The van der Waals surface area contributed by atoms with E-state index in [-0.39, 0.29) is 0 Å². The third-order valence-corrected chi connectivity index (χ3v) is 3.67. The van der Waals surface area contributed by atoms with E-state index in [1.165, 1.54) is 37.2 Å². The number of thioether (sulfide) groups is 1. The average molecular weight is 200 g/mol. The van der Waals surface area contributed by atoms with Crippen molar-refractivity contribution in [3.05, 3.63) is 12.3 Å². The Morgan fingerprint density at radius 3 is 3.23 bits per heavy atom. The molecule has 0 N–H and O–H groups in total. The zero-order valence-electron chi connectivity index (χ0n) is 8.50. The summed E-state index contributed by atoms with van der Waals surface area (Å²) in [5.41, 5.74) is 0. The maximum Gasteiger partial charge on any atom is 0.0876 e. The molecule has 0 radical (unpaired) electrons. The van der Waals surface area contributed by atoms with Gasteiger partial charge in [0.25, 0.3) is 0 Å². The van der Waals surface area contributed by atoms with E-state index >= 15 is 0 Å². The summed E-state index contributed by atoms with van der Waals surface area (Å²) in [6.07, 6.45) is 9.22. The highest BCUT2D eigenvalue weighted by Gasteiger charge is 2.11. The van der Waals surface area contributed by atoms with Crippen LogP contribution in [-0.4, -0.2) is 18.1 Å². The molecule has 0 spiro atoms. The van der Waals surface area contributed by atoms with E-state index in [1.807, 2.05) is 13.0 Å². The van der Waals surface area contributed by atoms with Gasteiger partial charge in [-0.25, -0.2) is 0 Å². The van der Waals surface area contributed by atoms with Crippen LogP contribution in [-0.2, 0) is 4.74 Å². The fourth-order valence-electron chi connectivity index (χ4n) is 1.60. The minimum absolute atomic E-state index is 0.898. The minimum Gasteiger partial charge on any atom is -0.502 e. The van der Waals surface area contributed by atoms with Gasteiger partial charge in [-0.3, -0.25) is 0 Å². The molecule has 1 rings (SSSR count). The smallest absolute Gasteiger partial charge is 0.0876 e. The number of ether oxygens (including phenoxy) is 1. The monoisotopic (exact) mass is 200 g/mol. The lowest BCUT2D eigenvalue weighted by molar-refractivity contribution is 0.223. The Morgan fingerprint density at radius 2 is 2.38 bits per heavy atom. The van der Waals surface area contributed by atoms with E-state index in [1.54, 1.807) is 6.26 Å². The lowest BCUT2D eigenvalue weighted by Crippen LogP contribution is -2.05. The van der Waals surface area contributed by atoms with Gasteiger partial charge < -0.3 is 4.74 Å². The molecule has 1 aliphatic rings. The molecular formula is C11H20OS. The van der Waals surface area contributed by atoms with Gasteiger partial charge in [-0.1, -0.05) is 12.5 Å². The second-order valence-electron chi connectivity index (χ2n) is 3.57. The van der Waals surface area contributed by atoms with Crippen LogP contribution < -0.4 is 0 Å². The Labute approximate surface area is 85.9 Å². The fraction of sp³-hybridized carbons (Fsp3) is 0.818. The Hall–Kier alpha value is -0.110. The van der Waals surface area contributed by atoms with Crippen molar-refractivity contribution in [3.63, 3.8) is 0 Å². The quantitative estimate of drug-likeness (QED) is 0.508. The highest BCUT2D eigenvalue weighted by atomic mass is 32.2. The van der Waals surface area contributed by atoms with Crippen LogP contribution in [0.1, 0.15) is 32.6 Å². The normalized spacial score (nSPS) is 24.5. The van der Waals surface area contributed by atoms with Crippen LogP contribution in [0.3, 0.4) is 0 Å². The molecule has 0 aliphatic carbocycles. The third-order valence-electron chi connectivity index (χ3n) is 2.38. The first kappa shape index (κ1) is 11.0. The Morgan fingerprint density at radius 1 is 1.46 bits per heavy atom. The van der Waals surface area contributed by atoms with Crippen molar-refractivity contribution in [2.24, 2.45) is 5.92 Å². The van der Waals surface area contributed by atoms with E-state index < -0.39 is 0 Å². The SMILES string of the molecule is C/C=C/OCCC1CCCCSC1. The van der Waals surface area contributed by atoms with Crippen LogP contribution in [0, 0.1) is 5.92 Å². The van der Waals surface area contributed by atoms with Crippen molar-refractivity contribution in [1.29, 1.82) is 0 Å². The number of hydrogen-bond acceptors (Lipinski definition) is 2. The third kappa shape index (κ3) is 5.25. The minimum atomic E-state index is 0.898. The van der Waals surface area contributed by atoms with Crippen molar-refractivity contribution < 1.29 is 4.74 Å². The van der Waals surface area contributed by atoms with E-state index in [2.05, 4.69) is 11.8 Å². The van der Waals surface area contributed by atoms with Crippen molar-refractivity contribution in [1.82, 2.24) is 0 Å². The van der Waals surface area contributed by atoms with Gasteiger partial charge in [0.05, 0.1) is 12.9 Å². The molecule has 76 valence electrons. The standard InChI is InChI=1S/C11H20OS/c1-2-7-12-8-6-11-5-3-4-9-13-10-11/h2,7,11H,3-6,8-10H2,1H3/b7-2+. The van der Waals surface area contributed by atoms with E-state index in [0.717, 1.165) is 12.5 Å². The van der Waals surface area contributed by atoms with Gasteiger partial charge >= 0.3 is 0 Å². The highest BCUT2D eigenvalue weighted by molar-refractivity contribution is 7.99. The fourth-order valence-corrected chi connectivity index (χ4v) is 2.84. The topological polar surface area (TPSA) is 9.23 Å². The zero-order valence-corrected chi connectivity index (χ0v) is 9.31. The van der Waals surface area contributed by atoms with E-state index in [0.29, 0.717) is 0 Å². The molecule has 1 nitrogen and oxygen atoms in total. The summed E-state index contributed by atoms with van der Waals surface area (Å²) in [7, 11) is 0. The van der Waals surface area contributed by atoms with Gasteiger partial charge in [-0.2, -0.15) is 11.8 Å². The van der Waals surface area contributed by atoms with Crippen LogP contribution in [0.4, 0.5) is 0 Å². The second kappa shape index (κ2) is 7.31. The molecule has 0 amide bonds. The van der Waals surface area contributed by atoms with Crippen LogP contribution in [0.15, 0.2) is 12.3 Å². The molecule has 2 heteroatoms. The lowest BCUT2D eigenvalue weighted by atomic mass is 10.0. The Balaban J connectivity index is 2.04. The summed E-state index contributed by atoms with van der Waals surface area (Å²) in [6.45, 7) is 2.89. The highest BCUT2D eigenvalue weighted by Crippen LogP contribution is 2.24. The molecule has 0 bridgehead atoms. The van der Waals surface area contributed by atoms with Gasteiger partial charge in [-0.05, 0) is 43.6 Å². The predicted molar refractivity (Wildman–Crippen MR) is 60.0 cm³/mol. The van der Waals surface area contributed by atoms with Crippen LogP contribution in [0.2, 0.25) is 0 Å². The molecule has 1 saturated heterocycles. The largest absolute Gasteiger partial charge is 0.502 e. The van der Waals surface area contributed by atoms with E-state index in [4.69, 9.17) is 4.74 Å². The summed E-state index contributed by atoms with van der Waals surface area (Å²) < 4.78 is 5.34. The Bertz CT molecular complexity index is 137. The first-order chi connectivity index (χ1) is 6.43. The molecule has 13 heavy (non-hydrogen) atoms. The van der Waals surface area contributed by atoms with E-state index in [9.17, 15) is 0 Å². The van der Waals surface area contributed by atoms with Crippen LogP contribution >= 0.6 is 11.8 Å². The van der Waals surface area contributed by atoms with Gasteiger partial charge in [0.1, 0.15) is 0 Å². The molecule has 1 atom stereocenters. The average Bonchev–Trinajstić information content (AvgIpc) is 2.41. The molecular weight excluding hydrogens is 180 g/mol.